The molecule has 2 aromatic carbocycles. The molecule has 2 amide bonds. The molecule has 0 unspecified atom stereocenters. The van der Waals surface area contributed by atoms with Crippen LogP contribution in [0.2, 0.25) is 0 Å². The van der Waals surface area contributed by atoms with Crippen LogP contribution < -0.4 is 10.3 Å². The first-order valence-corrected chi connectivity index (χ1v) is 11.2. The van der Waals surface area contributed by atoms with E-state index in [0.717, 1.165) is 0 Å². The Labute approximate surface area is 176 Å². The first-order chi connectivity index (χ1) is 14.4. The number of hydrogen-bond acceptors (Lipinski definition) is 5. The van der Waals surface area contributed by atoms with Gasteiger partial charge < -0.3 is 5.32 Å². The smallest absolute Gasteiger partial charge is 0.271 e. The molecule has 0 saturated carbocycles. The third-order valence-corrected chi connectivity index (χ3v) is 6.81. The second-order valence-electron chi connectivity index (χ2n) is 6.66. The van der Waals surface area contributed by atoms with E-state index in [-0.39, 0.29) is 29.4 Å². The highest BCUT2D eigenvalue weighted by Crippen LogP contribution is 2.21. The number of anilines is 2. The van der Waals surface area contributed by atoms with Crippen LogP contribution in [0.3, 0.4) is 0 Å². The SMILES string of the molecule is CCN(CC)S(=O)(=O)c1ccc(NC(=O)C2=NN(c3ccccc3)C(=O)CC2)cc1. The Morgan fingerprint density at radius 3 is 2.27 bits per heavy atom. The normalized spacial score (nSPS) is 14.6. The number of carbonyl (C=O) groups is 2. The summed E-state index contributed by atoms with van der Waals surface area (Å²) >= 11 is 0. The highest BCUT2D eigenvalue weighted by molar-refractivity contribution is 7.89. The number of amides is 2. The average Bonchev–Trinajstić information content (AvgIpc) is 2.75. The molecule has 0 bridgehead atoms. The third kappa shape index (κ3) is 4.58. The van der Waals surface area contributed by atoms with Gasteiger partial charge in [0.05, 0.1) is 10.6 Å². The van der Waals surface area contributed by atoms with Crippen molar-refractivity contribution in [2.75, 3.05) is 23.4 Å². The fourth-order valence-corrected chi connectivity index (χ4v) is 4.57. The number of para-hydroxylation sites is 1. The maximum atomic E-state index is 12.6. The molecule has 158 valence electrons. The Hall–Kier alpha value is -3.04. The third-order valence-electron chi connectivity index (χ3n) is 4.75. The van der Waals surface area contributed by atoms with Gasteiger partial charge in [-0.2, -0.15) is 9.41 Å². The van der Waals surface area contributed by atoms with E-state index >= 15 is 0 Å². The van der Waals surface area contributed by atoms with Crippen molar-refractivity contribution in [3.63, 3.8) is 0 Å². The summed E-state index contributed by atoms with van der Waals surface area (Å²) < 4.78 is 26.5. The topological polar surface area (TPSA) is 99.2 Å². The van der Waals surface area contributed by atoms with E-state index < -0.39 is 15.9 Å². The summed E-state index contributed by atoms with van der Waals surface area (Å²) in [4.78, 5) is 25.0. The number of nitrogens with one attached hydrogen (secondary N) is 1. The molecule has 2 aromatic rings. The fourth-order valence-electron chi connectivity index (χ4n) is 3.11. The number of benzene rings is 2. The lowest BCUT2D eigenvalue weighted by Gasteiger charge is -2.23. The van der Waals surface area contributed by atoms with Crippen molar-refractivity contribution in [2.24, 2.45) is 5.10 Å². The monoisotopic (exact) mass is 428 g/mol. The Kier molecular flexibility index (Phi) is 6.63. The number of hydrogen-bond donors (Lipinski definition) is 1. The van der Waals surface area contributed by atoms with Gasteiger partial charge in [-0.25, -0.2) is 13.4 Å². The zero-order valence-electron chi connectivity index (χ0n) is 16.9. The van der Waals surface area contributed by atoms with Crippen LogP contribution in [0.4, 0.5) is 11.4 Å². The minimum atomic E-state index is -3.56. The van der Waals surface area contributed by atoms with Gasteiger partial charge in [0.2, 0.25) is 15.9 Å². The van der Waals surface area contributed by atoms with E-state index in [0.29, 0.717) is 24.5 Å². The van der Waals surface area contributed by atoms with Crippen LogP contribution in [0.15, 0.2) is 64.6 Å². The molecule has 0 atom stereocenters. The molecule has 0 spiro atoms. The first kappa shape index (κ1) is 21.7. The summed E-state index contributed by atoms with van der Waals surface area (Å²) in [6.07, 6.45) is 0.421. The molecule has 0 radical (unpaired) electrons. The van der Waals surface area contributed by atoms with Crippen molar-refractivity contribution in [1.82, 2.24) is 4.31 Å². The van der Waals surface area contributed by atoms with Gasteiger partial charge in [-0.05, 0) is 36.4 Å². The minimum absolute atomic E-state index is 0.167. The summed E-state index contributed by atoms with van der Waals surface area (Å²) in [6, 6.07) is 14.9. The van der Waals surface area contributed by atoms with Crippen LogP contribution in [-0.2, 0) is 19.6 Å². The van der Waals surface area contributed by atoms with Gasteiger partial charge in [-0.15, -0.1) is 0 Å². The maximum Gasteiger partial charge on any atom is 0.271 e. The Bertz CT molecular complexity index is 1050. The molecule has 3 rings (SSSR count). The van der Waals surface area contributed by atoms with Gasteiger partial charge in [0, 0.05) is 31.6 Å². The van der Waals surface area contributed by atoms with Gasteiger partial charge in [0.1, 0.15) is 5.71 Å². The molecular formula is C21H24N4O4S. The van der Waals surface area contributed by atoms with Gasteiger partial charge in [-0.1, -0.05) is 32.0 Å². The molecule has 8 nitrogen and oxygen atoms in total. The maximum absolute atomic E-state index is 12.6. The number of sulfonamides is 1. The zero-order chi connectivity index (χ0) is 21.7. The Morgan fingerprint density at radius 1 is 1.03 bits per heavy atom. The first-order valence-electron chi connectivity index (χ1n) is 9.73. The standard InChI is InChI=1S/C21H24N4O4S/c1-3-24(4-2)30(28,29)18-12-10-16(11-13-18)22-21(27)19-14-15-20(26)25(23-19)17-8-6-5-7-9-17/h5-13H,3-4,14-15H2,1-2H3,(H,22,27). The quantitative estimate of drug-likeness (QED) is 0.733. The van der Waals surface area contributed by atoms with Crippen molar-refractivity contribution in [3.8, 4) is 0 Å². The Morgan fingerprint density at radius 2 is 1.67 bits per heavy atom. The van der Waals surface area contributed by atoms with Crippen molar-refractivity contribution >= 4 is 38.9 Å². The van der Waals surface area contributed by atoms with Gasteiger partial charge in [0.25, 0.3) is 5.91 Å². The van der Waals surface area contributed by atoms with E-state index in [4.69, 9.17) is 0 Å². The van der Waals surface area contributed by atoms with Crippen LogP contribution in [0, 0.1) is 0 Å². The minimum Gasteiger partial charge on any atom is -0.321 e. The number of carbonyl (C=O) groups excluding carboxylic acids is 2. The second kappa shape index (κ2) is 9.19. The van der Waals surface area contributed by atoms with Crippen molar-refractivity contribution in [2.45, 2.75) is 31.6 Å². The molecule has 0 aromatic heterocycles. The van der Waals surface area contributed by atoms with Crippen LogP contribution in [0.5, 0.6) is 0 Å². The average molecular weight is 429 g/mol. The molecule has 1 aliphatic rings. The van der Waals surface area contributed by atoms with Crippen molar-refractivity contribution in [3.05, 3.63) is 54.6 Å². The summed E-state index contributed by atoms with van der Waals surface area (Å²) in [7, 11) is -3.56. The summed E-state index contributed by atoms with van der Waals surface area (Å²) in [5.74, 6) is -0.605. The predicted octanol–water partition coefficient (Wildman–Crippen LogP) is 2.84. The highest BCUT2D eigenvalue weighted by atomic mass is 32.2. The van der Waals surface area contributed by atoms with Gasteiger partial charge >= 0.3 is 0 Å². The number of hydrazone groups is 1. The lowest BCUT2D eigenvalue weighted by atomic mass is 10.1. The molecule has 1 heterocycles. The Balaban J connectivity index is 1.75. The van der Waals surface area contributed by atoms with Gasteiger partial charge in [0.15, 0.2) is 0 Å². The lowest BCUT2D eigenvalue weighted by Crippen LogP contribution is -2.36. The van der Waals surface area contributed by atoms with Crippen LogP contribution in [0.1, 0.15) is 26.7 Å². The van der Waals surface area contributed by atoms with E-state index in [1.807, 2.05) is 6.07 Å². The van der Waals surface area contributed by atoms with Crippen LogP contribution in [0.25, 0.3) is 0 Å². The van der Waals surface area contributed by atoms with E-state index in [1.54, 1.807) is 38.1 Å². The lowest BCUT2D eigenvalue weighted by molar-refractivity contribution is -0.118. The molecule has 1 aliphatic heterocycles. The van der Waals surface area contributed by atoms with E-state index in [2.05, 4.69) is 10.4 Å². The number of nitrogens with zero attached hydrogens (tertiary/aromatic N) is 3. The van der Waals surface area contributed by atoms with Gasteiger partial charge in [-0.3, -0.25) is 9.59 Å². The largest absolute Gasteiger partial charge is 0.321 e. The molecule has 1 N–H and O–H groups in total. The highest BCUT2D eigenvalue weighted by Gasteiger charge is 2.26. The van der Waals surface area contributed by atoms with Crippen LogP contribution in [-0.4, -0.2) is 43.3 Å². The fraction of sp³-hybridized carbons (Fsp3) is 0.286. The summed E-state index contributed by atoms with van der Waals surface area (Å²) in [5.41, 5.74) is 1.28. The number of rotatable bonds is 7. The van der Waals surface area contributed by atoms with Crippen molar-refractivity contribution in [1.29, 1.82) is 0 Å². The molecule has 0 saturated heterocycles. The van der Waals surface area contributed by atoms with E-state index in [1.165, 1.54) is 33.6 Å². The predicted molar refractivity (Wildman–Crippen MR) is 116 cm³/mol. The van der Waals surface area contributed by atoms with E-state index in [9.17, 15) is 18.0 Å². The molecule has 0 fully saturated rings. The van der Waals surface area contributed by atoms with Crippen LogP contribution >= 0.6 is 0 Å². The second-order valence-corrected chi connectivity index (χ2v) is 8.59. The van der Waals surface area contributed by atoms with Crippen molar-refractivity contribution < 1.29 is 18.0 Å². The molecule has 30 heavy (non-hydrogen) atoms. The molecular weight excluding hydrogens is 404 g/mol. The zero-order valence-corrected chi connectivity index (χ0v) is 17.7. The molecule has 9 heteroatoms. The molecule has 0 aliphatic carbocycles. The summed E-state index contributed by atoms with van der Waals surface area (Å²) in [5, 5.41) is 8.17. The summed E-state index contributed by atoms with van der Waals surface area (Å²) in [6.45, 7) is 4.33.